The molecule has 108 valence electrons. The lowest BCUT2D eigenvalue weighted by Gasteiger charge is -2.05. The molecule has 2 rings (SSSR count). The van der Waals surface area contributed by atoms with Crippen LogP contribution in [-0.4, -0.2) is 24.3 Å². The standard InChI is InChI=1S/C15H14O3.CO2/c1-10-3-4-13(9-14(10)16)11-5-7-12(8-6-11)15(17)18-2;2-1-3/h3-9,16H,1-2H3;. The van der Waals surface area contributed by atoms with Gasteiger partial charge in [-0.3, -0.25) is 0 Å². The molecule has 2 aromatic rings. The van der Waals surface area contributed by atoms with Crippen LogP contribution in [0.5, 0.6) is 5.75 Å². The number of phenolic OH excluding ortho intramolecular Hbond substituents is 1. The normalized spacial score (nSPS) is 9.05. The van der Waals surface area contributed by atoms with Crippen molar-refractivity contribution in [2.24, 2.45) is 0 Å². The first-order valence-corrected chi connectivity index (χ1v) is 6.01. The maximum absolute atomic E-state index is 11.3. The van der Waals surface area contributed by atoms with Crippen LogP contribution in [-0.2, 0) is 14.3 Å². The Morgan fingerprint density at radius 3 is 2.05 bits per heavy atom. The number of methoxy groups -OCH3 is 1. The van der Waals surface area contributed by atoms with E-state index in [1.54, 1.807) is 18.2 Å². The lowest BCUT2D eigenvalue weighted by Crippen LogP contribution is -2.00. The molecule has 0 heterocycles. The fourth-order valence-electron chi connectivity index (χ4n) is 1.71. The van der Waals surface area contributed by atoms with Crippen molar-refractivity contribution < 1.29 is 24.2 Å². The average molecular weight is 286 g/mol. The number of hydrogen-bond donors (Lipinski definition) is 1. The predicted octanol–water partition coefficient (Wildman–Crippen LogP) is 2.57. The van der Waals surface area contributed by atoms with E-state index in [4.69, 9.17) is 9.59 Å². The van der Waals surface area contributed by atoms with E-state index < -0.39 is 0 Å². The summed E-state index contributed by atoms with van der Waals surface area (Å²) >= 11 is 0. The maximum Gasteiger partial charge on any atom is 0.373 e. The van der Waals surface area contributed by atoms with Gasteiger partial charge in [0.15, 0.2) is 0 Å². The molecule has 0 bridgehead atoms. The quantitative estimate of drug-likeness (QED) is 0.858. The Hall–Kier alpha value is -2.91. The van der Waals surface area contributed by atoms with E-state index in [0.717, 1.165) is 16.7 Å². The molecule has 0 saturated heterocycles. The minimum absolute atomic E-state index is 0.250. The molecule has 0 spiro atoms. The van der Waals surface area contributed by atoms with Crippen molar-refractivity contribution in [3.63, 3.8) is 0 Å². The van der Waals surface area contributed by atoms with Gasteiger partial charge < -0.3 is 9.84 Å². The zero-order valence-electron chi connectivity index (χ0n) is 11.6. The van der Waals surface area contributed by atoms with Gasteiger partial charge in [-0.25, -0.2) is 4.79 Å². The molecule has 0 atom stereocenters. The van der Waals surface area contributed by atoms with Crippen molar-refractivity contribution in [3.8, 4) is 16.9 Å². The van der Waals surface area contributed by atoms with Crippen LogP contribution in [0.1, 0.15) is 15.9 Å². The molecule has 5 heteroatoms. The Labute approximate surface area is 121 Å². The first kappa shape index (κ1) is 16.1. The highest BCUT2D eigenvalue weighted by atomic mass is 16.5. The Bertz CT molecular complexity index is 653. The Morgan fingerprint density at radius 1 is 1.05 bits per heavy atom. The van der Waals surface area contributed by atoms with Gasteiger partial charge in [0.25, 0.3) is 0 Å². The van der Waals surface area contributed by atoms with Gasteiger partial charge in [0.05, 0.1) is 12.7 Å². The van der Waals surface area contributed by atoms with Crippen molar-refractivity contribution in [1.82, 2.24) is 0 Å². The Kier molecular flexibility index (Phi) is 5.86. The summed E-state index contributed by atoms with van der Waals surface area (Å²) in [5, 5.41) is 9.67. The zero-order chi connectivity index (χ0) is 15.8. The summed E-state index contributed by atoms with van der Waals surface area (Å²) in [5.74, 6) is -0.0853. The Balaban J connectivity index is 0.000000677. The third-order valence-corrected chi connectivity index (χ3v) is 2.85. The molecule has 5 nitrogen and oxygen atoms in total. The minimum Gasteiger partial charge on any atom is -0.508 e. The molecule has 0 radical (unpaired) electrons. The highest BCUT2D eigenvalue weighted by Crippen LogP contribution is 2.26. The number of hydrogen-bond acceptors (Lipinski definition) is 5. The molecule has 0 unspecified atom stereocenters. The molecule has 0 amide bonds. The number of aromatic hydroxyl groups is 1. The lowest BCUT2D eigenvalue weighted by molar-refractivity contribution is -0.191. The molecule has 0 aliphatic heterocycles. The van der Waals surface area contributed by atoms with Crippen molar-refractivity contribution in [3.05, 3.63) is 53.6 Å². The number of esters is 1. The number of ether oxygens (including phenoxy) is 1. The van der Waals surface area contributed by atoms with E-state index in [2.05, 4.69) is 4.74 Å². The van der Waals surface area contributed by atoms with Crippen LogP contribution in [0.2, 0.25) is 0 Å². The molecule has 21 heavy (non-hydrogen) atoms. The monoisotopic (exact) mass is 286 g/mol. The van der Waals surface area contributed by atoms with Gasteiger partial charge >= 0.3 is 12.1 Å². The SMILES string of the molecule is COC(=O)c1ccc(-c2ccc(C)c(O)c2)cc1.O=C=O. The molecule has 0 aromatic heterocycles. The van der Waals surface area contributed by atoms with Crippen LogP contribution in [0.15, 0.2) is 42.5 Å². The van der Waals surface area contributed by atoms with E-state index in [9.17, 15) is 9.90 Å². The summed E-state index contributed by atoms with van der Waals surface area (Å²) in [5.41, 5.74) is 3.20. The highest BCUT2D eigenvalue weighted by molar-refractivity contribution is 5.90. The highest BCUT2D eigenvalue weighted by Gasteiger charge is 2.06. The summed E-state index contributed by atoms with van der Waals surface area (Å²) in [6, 6.07) is 12.6. The van der Waals surface area contributed by atoms with E-state index in [-0.39, 0.29) is 17.9 Å². The number of carbonyl (C=O) groups excluding carboxylic acids is 3. The van der Waals surface area contributed by atoms with Crippen LogP contribution in [0.3, 0.4) is 0 Å². The van der Waals surface area contributed by atoms with Crippen LogP contribution < -0.4 is 0 Å². The fourth-order valence-corrected chi connectivity index (χ4v) is 1.71. The number of aryl methyl sites for hydroxylation is 1. The van der Waals surface area contributed by atoms with Crippen LogP contribution in [0.25, 0.3) is 11.1 Å². The van der Waals surface area contributed by atoms with Gasteiger partial charge in [-0.05, 0) is 41.8 Å². The van der Waals surface area contributed by atoms with E-state index >= 15 is 0 Å². The van der Waals surface area contributed by atoms with Gasteiger partial charge in [-0.1, -0.05) is 24.3 Å². The molecular formula is C16H14O5. The maximum atomic E-state index is 11.3. The van der Waals surface area contributed by atoms with Crippen LogP contribution >= 0.6 is 0 Å². The molecule has 0 aliphatic carbocycles. The van der Waals surface area contributed by atoms with E-state index in [1.807, 2.05) is 31.2 Å². The topological polar surface area (TPSA) is 80.7 Å². The lowest BCUT2D eigenvalue weighted by atomic mass is 10.0. The van der Waals surface area contributed by atoms with Crippen LogP contribution in [0, 0.1) is 6.92 Å². The zero-order valence-corrected chi connectivity index (χ0v) is 11.6. The molecule has 0 saturated carbocycles. The number of rotatable bonds is 2. The molecule has 2 aromatic carbocycles. The van der Waals surface area contributed by atoms with Crippen molar-refractivity contribution in [1.29, 1.82) is 0 Å². The fraction of sp³-hybridized carbons (Fsp3) is 0.125. The van der Waals surface area contributed by atoms with Gasteiger partial charge in [-0.2, -0.15) is 9.59 Å². The largest absolute Gasteiger partial charge is 0.508 e. The summed E-state index contributed by atoms with van der Waals surface area (Å²) in [6.45, 7) is 1.85. The average Bonchev–Trinajstić information content (AvgIpc) is 2.50. The first-order chi connectivity index (χ1) is 10.0. The second kappa shape index (κ2) is 7.62. The summed E-state index contributed by atoms with van der Waals surface area (Å²) < 4.78 is 4.64. The molecular weight excluding hydrogens is 272 g/mol. The van der Waals surface area contributed by atoms with E-state index in [0.29, 0.717) is 5.56 Å². The molecule has 0 aliphatic rings. The summed E-state index contributed by atoms with van der Waals surface area (Å²) in [4.78, 5) is 27.5. The van der Waals surface area contributed by atoms with Crippen molar-refractivity contribution >= 4 is 12.1 Å². The Morgan fingerprint density at radius 2 is 1.57 bits per heavy atom. The molecule has 1 N–H and O–H groups in total. The molecule has 0 fully saturated rings. The second-order valence-corrected chi connectivity index (χ2v) is 4.15. The third kappa shape index (κ3) is 4.30. The van der Waals surface area contributed by atoms with Gasteiger partial charge in [0.2, 0.25) is 0 Å². The number of phenols is 1. The van der Waals surface area contributed by atoms with Gasteiger partial charge in [-0.15, -0.1) is 0 Å². The third-order valence-electron chi connectivity index (χ3n) is 2.85. The smallest absolute Gasteiger partial charge is 0.373 e. The van der Waals surface area contributed by atoms with Crippen molar-refractivity contribution in [2.45, 2.75) is 6.92 Å². The first-order valence-electron chi connectivity index (χ1n) is 6.01. The van der Waals surface area contributed by atoms with Gasteiger partial charge in [0.1, 0.15) is 5.75 Å². The number of benzene rings is 2. The number of carbonyl (C=O) groups is 1. The van der Waals surface area contributed by atoms with Gasteiger partial charge in [0, 0.05) is 0 Å². The minimum atomic E-state index is -0.353. The summed E-state index contributed by atoms with van der Waals surface area (Å²) in [7, 11) is 1.36. The summed E-state index contributed by atoms with van der Waals surface area (Å²) in [6.07, 6.45) is 0.250. The predicted molar refractivity (Wildman–Crippen MR) is 74.6 cm³/mol. The van der Waals surface area contributed by atoms with Crippen molar-refractivity contribution in [2.75, 3.05) is 7.11 Å². The second-order valence-electron chi connectivity index (χ2n) is 4.15. The van der Waals surface area contributed by atoms with E-state index in [1.165, 1.54) is 7.11 Å². The van der Waals surface area contributed by atoms with Crippen LogP contribution in [0.4, 0.5) is 0 Å².